The van der Waals surface area contributed by atoms with Gasteiger partial charge in [-0.1, -0.05) is 13.3 Å². The maximum atomic E-state index is 11.3. The van der Waals surface area contributed by atoms with E-state index >= 15 is 0 Å². The lowest BCUT2D eigenvalue weighted by Gasteiger charge is -2.24. The lowest BCUT2D eigenvalue weighted by Crippen LogP contribution is -2.26. The fourth-order valence-corrected chi connectivity index (χ4v) is 2.70. The van der Waals surface area contributed by atoms with Crippen molar-refractivity contribution in [2.24, 2.45) is 5.92 Å². The van der Waals surface area contributed by atoms with E-state index in [0.717, 1.165) is 31.8 Å². The Morgan fingerprint density at radius 1 is 1.53 bits per heavy atom. The van der Waals surface area contributed by atoms with Crippen molar-refractivity contribution in [1.29, 1.82) is 0 Å². The smallest absolute Gasteiger partial charge is 0.338 e. The van der Waals surface area contributed by atoms with Gasteiger partial charge in [-0.3, -0.25) is 0 Å². The van der Waals surface area contributed by atoms with Gasteiger partial charge in [-0.05, 0) is 31.2 Å². The first-order valence-corrected chi connectivity index (χ1v) is 6.85. The molecule has 5 heteroatoms. The van der Waals surface area contributed by atoms with Gasteiger partial charge in [-0.25, -0.2) is 9.78 Å². The summed E-state index contributed by atoms with van der Waals surface area (Å²) in [7, 11) is 0. The molecule has 1 aromatic rings. The largest absolute Gasteiger partial charge is 0.478 e. The molecule has 0 aliphatic carbocycles. The number of nitrogens with zero attached hydrogens (tertiary/aromatic N) is 2. The highest BCUT2D eigenvalue weighted by Gasteiger charge is 2.20. The van der Waals surface area contributed by atoms with Crippen molar-refractivity contribution in [1.82, 2.24) is 4.98 Å². The molecule has 2 rings (SSSR count). The number of hydrogen-bond donors (Lipinski definition) is 2. The molecule has 1 saturated heterocycles. The molecule has 0 saturated carbocycles. The van der Waals surface area contributed by atoms with Gasteiger partial charge in [0.05, 0.1) is 17.4 Å². The first kappa shape index (κ1) is 13.6. The van der Waals surface area contributed by atoms with Gasteiger partial charge >= 0.3 is 5.97 Å². The lowest BCUT2D eigenvalue weighted by atomic mass is 9.98. The summed E-state index contributed by atoms with van der Waals surface area (Å²) in [4.78, 5) is 17.5. The minimum Gasteiger partial charge on any atom is -0.478 e. The molecular weight excluding hydrogens is 242 g/mol. The van der Waals surface area contributed by atoms with Crippen LogP contribution in [0, 0.1) is 5.92 Å². The van der Waals surface area contributed by atoms with E-state index in [1.165, 1.54) is 18.9 Å². The minimum absolute atomic E-state index is 0.252. The van der Waals surface area contributed by atoms with Gasteiger partial charge < -0.3 is 15.7 Å². The number of aromatic carboxylic acids is 1. The standard InChI is InChI=1S/C14H21N3O2/c1-2-10-4-3-6-17(7-5-10)12-9-16-13(15)8-11(12)14(18)19/h8-10H,2-7H2,1H3,(H2,15,16)(H,18,19). The quantitative estimate of drug-likeness (QED) is 0.875. The molecule has 3 N–H and O–H groups in total. The van der Waals surface area contributed by atoms with Crippen molar-refractivity contribution in [3.63, 3.8) is 0 Å². The second-order valence-electron chi connectivity index (χ2n) is 5.12. The van der Waals surface area contributed by atoms with Crippen LogP contribution in [0.4, 0.5) is 11.5 Å². The maximum Gasteiger partial charge on any atom is 0.338 e. The van der Waals surface area contributed by atoms with Crippen LogP contribution < -0.4 is 10.6 Å². The number of carboxylic acid groups (broad SMARTS) is 1. The third-order valence-corrected chi connectivity index (χ3v) is 3.90. The Morgan fingerprint density at radius 2 is 2.32 bits per heavy atom. The molecule has 0 aromatic carbocycles. The molecule has 1 aliphatic rings. The number of hydrogen-bond acceptors (Lipinski definition) is 4. The van der Waals surface area contributed by atoms with E-state index in [1.54, 1.807) is 6.20 Å². The molecule has 2 heterocycles. The number of carboxylic acids is 1. The fraction of sp³-hybridized carbons (Fsp3) is 0.571. The van der Waals surface area contributed by atoms with E-state index in [-0.39, 0.29) is 11.4 Å². The summed E-state index contributed by atoms with van der Waals surface area (Å²) in [6, 6.07) is 1.44. The molecule has 1 aliphatic heterocycles. The van der Waals surface area contributed by atoms with Crippen LogP contribution in [0.3, 0.4) is 0 Å². The van der Waals surface area contributed by atoms with Gasteiger partial charge in [-0.15, -0.1) is 0 Å². The van der Waals surface area contributed by atoms with E-state index in [4.69, 9.17) is 5.73 Å². The molecule has 104 valence electrons. The highest BCUT2D eigenvalue weighted by Crippen LogP contribution is 2.27. The molecule has 1 aromatic heterocycles. The van der Waals surface area contributed by atoms with Crippen LogP contribution >= 0.6 is 0 Å². The van der Waals surface area contributed by atoms with Crippen LogP contribution in [0.1, 0.15) is 43.0 Å². The Labute approximate surface area is 113 Å². The number of nitrogen functional groups attached to an aromatic ring is 1. The van der Waals surface area contributed by atoms with E-state index < -0.39 is 5.97 Å². The van der Waals surface area contributed by atoms with Crippen LogP contribution in [-0.2, 0) is 0 Å². The van der Waals surface area contributed by atoms with Gasteiger partial charge in [0.15, 0.2) is 0 Å². The molecule has 1 fully saturated rings. The molecule has 1 unspecified atom stereocenters. The van der Waals surface area contributed by atoms with E-state index in [0.29, 0.717) is 5.69 Å². The van der Waals surface area contributed by atoms with Crippen molar-refractivity contribution >= 4 is 17.5 Å². The second kappa shape index (κ2) is 5.91. The van der Waals surface area contributed by atoms with Gasteiger partial charge in [0.25, 0.3) is 0 Å². The zero-order valence-corrected chi connectivity index (χ0v) is 11.3. The Bertz CT molecular complexity index is 462. The second-order valence-corrected chi connectivity index (χ2v) is 5.12. The fourth-order valence-electron chi connectivity index (χ4n) is 2.70. The first-order valence-electron chi connectivity index (χ1n) is 6.85. The topological polar surface area (TPSA) is 79.5 Å². The highest BCUT2D eigenvalue weighted by atomic mass is 16.4. The van der Waals surface area contributed by atoms with Crippen LogP contribution in [0.25, 0.3) is 0 Å². The van der Waals surface area contributed by atoms with E-state index in [9.17, 15) is 9.90 Å². The molecular formula is C14H21N3O2. The minimum atomic E-state index is -0.944. The van der Waals surface area contributed by atoms with Crippen LogP contribution in [0.2, 0.25) is 0 Å². The van der Waals surface area contributed by atoms with Crippen LogP contribution in [0.15, 0.2) is 12.3 Å². The third-order valence-electron chi connectivity index (χ3n) is 3.90. The van der Waals surface area contributed by atoms with Gasteiger partial charge in [0.2, 0.25) is 0 Å². The normalized spacial score (nSPS) is 20.1. The average molecular weight is 263 g/mol. The molecule has 0 radical (unpaired) electrons. The molecule has 0 amide bonds. The average Bonchev–Trinajstić information content (AvgIpc) is 2.63. The van der Waals surface area contributed by atoms with Crippen molar-refractivity contribution in [2.45, 2.75) is 32.6 Å². The number of anilines is 2. The SMILES string of the molecule is CCC1CCCN(c2cnc(N)cc2C(=O)O)CC1. The van der Waals surface area contributed by atoms with Gasteiger partial charge in [-0.2, -0.15) is 0 Å². The lowest BCUT2D eigenvalue weighted by molar-refractivity contribution is 0.0697. The zero-order chi connectivity index (χ0) is 13.8. The van der Waals surface area contributed by atoms with Crippen LogP contribution in [-0.4, -0.2) is 29.1 Å². The number of aromatic nitrogens is 1. The summed E-state index contributed by atoms with van der Waals surface area (Å²) < 4.78 is 0. The summed E-state index contributed by atoms with van der Waals surface area (Å²) in [5.41, 5.74) is 6.52. The Kier molecular flexibility index (Phi) is 4.24. The number of nitrogens with two attached hydrogens (primary N) is 1. The molecule has 0 spiro atoms. The predicted octanol–water partition coefficient (Wildman–Crippen LogP) is 2.38. The number of pyridine rings is 1. The monoisotopic (exact) mass is 263 g/mol. The van der Waals surface area contributed by atoms with Crippen molar-refractivity contribution in [3.8, 4) is 0 Å². The van der Waals surface area contributed by atoms with Crippen molar-refractivity contribution < 1.29 is 9.90 Å². The number of rotatable bonds is 3. The molecule has 5 nitrogen and oxygen atoms in total. The Balaban J connectivity index is 2.23. The van der Waals surface area contributed by atoms with Crippen molar-refractivity contribution in [3.05, 3.63) is 17.8 Å². The Hall–Kier alpha value is -1.78. The van der Waals surface area contributed by atoms with Gasteiger partial charge in [0.1, 0.15) is 5.82 Å². The number of carbonyl (C=O) groups is 1. The molecule has 0 bridgehead atoms. The van der Waals surface area contributed by atoms with E-state index in [1.807, 2.05) is 0 Å². The van der Waals surface area contributed by atoms with Gasteiger partial charge in [0, 0.05) is 13.1 Å². The van der Waals surface area contributed by atoms with Crippen molar-refractivity contribution in [2.75, 3.05) is 23.7 Å². The summed E-state index contributed by atoms with van der Waals surface area (Å²) in [6.45, 7) is 4.00. The summed E-state index contributed by atoms with van der Waals surface area (Å²) in [5.74, 6) is 0.0582. The summed E-state index contributed by atoms with van der Waals surface area (Å²) in [6.07, 6.45) is 6.21. The van der Waals surface area contributed by atoms with E-state index in [2.05, 4.69) is 16.8 Å². The molecule has 1 atom stereocenters. The highest BCUT2D eigenvalue weighted by molar-refractivity contribution is 5.95. The zero-order valence-electron chi connectivity index (χ0n) is 11.3. The molecule has 19 heavy (non-hydrogen) atoms. The van der Waals surface area contributed by atoms with Crippen LogP contribution in [0.5, 0.6) is 0 Å². The maximum absolute atomic E-state index is 11.3. The summed E-state index contributed by atoms with van der Waals surface area (Å²) >= 11 is 0. The Morgan fingerprint density at radius 3 is 3.00 bits per heavy atom. The summed E-state index contributed by atoms with van der Waals surface area (Å²) in [5, 5.41) is 9.28. The first-order chi connectivity index (χ1) is 9.11. The predicted molar refractivity (Wildman–Crippen MR) is 75.5 cm³/mol. The third kappa shape index (κ3) is 3.16.